The second-order valence-corrected chi connectivity index (χ2v) is 3.33. The third-order valence-electron chi connectivity index (χ3n) is 1.40. The first-order valence-corrected chi connectivity index (χ1v) is 4.38. The zero-order valence-corrected chi connectivity index (χ0v) is 8.35. The SMILES string of the molecule is CCC(=O)N/N=C(\C)CC(C)C. The van der Waals surface area contributed by atoms with Gasteiger partial charge in [0.1, 0.15) is 0 Å². The van der Waals surface area contributed by atoms with E-state index in [-0.39, 0.29) is 5.91 Å². The zero-order chi connectivity index (χ0) is 9.56. The van der Waals surface area contributed by atoms with E-state index in [2.05, 4.69) is 24.4 Å². The van der Waals surface area contributed by atoms with E-state index in [1.807, 2.05) is 13.8 Å². The molecule has 0 spiro atoms. The lowest BCUT2D eigenvalue weighted by Crippen LogP contribution is -2.17. The van der Waals surface area contributed by atoms with Gasteiger partial charge in [0, 0.05) is 12.1 Å². The second kappa shape index (κ2) is 5.75. The molecule has 3 heteroatoms. The molecule has 70 valence electrons. The molecular formula is C9H18N2O. The number of hydrogen-bond donors (Lipinski definition) is 1. The van der Waals surface area contributed by atoms with Crippen molar-refractivity contribution >= 4 is 11.6 Å². The van der Waals surface area contributed by atoms with E-state index in [9.17, 15) is 4.79 Å². The molecule has 1 N–H and O–H groups in total. The molecular weight excluding hydrogens is 152 g/mol. The minimum Gasteiger partial charge on any atom is -0.273 e. The van der Waals surface area contributed by atoms with Crippen LogP contribution in [-0.4, -0.2) is 11.6 Å². The molecule has 0 aliphatic rings. The molecule has 0 aromatic rings. The molecule has 0 unspecified atom stereocenters. The average Bonchev–Trinajstić information content (AvgIpc) is 1.99. The summed E-state index contributed by atoms with van der Waals surface area (Å²) in [5, 5.41) is 3.95. The first-order valence-electron chi connectivity index (χ1n) is 4.38. The fourth-order valence-corrected chi connectivity index (χ4v) is 0.873. The predicted molar refractivity (Wildman–Crippen MR) is 51.0 cm³/mol. The zero-order valence-electron chi connectivity index (χ0n) is 8.35. The van der Waals surface area contributed by atoms with E-state index in [4.69, 9.17) is 0 Å². The third kappa shape index (κ3) is 5.89. The number of hydrazone groups is 1. The maximum atomic E-state index is 10.8. The van der Waals surface area contributed by atoms with Gasteiger partial charge in [-0.25, -0.2) is 5.43 Å². The molecule has 0 rings (SSSR count). The molecule has 1 amide bonds. The molecule has 0 aliphatic heterocycles. The van der Waals surface area contributed by atoms with Crippen molar-refractivity contribution in [1.29, 1.82) is 0 Å². The van der Waals surface area contributed by atoms with Crippen LogP contribution >= 0.6 is 0 Å². The molecule has 12 heavy (non-hydrogen) atoms. The molecule has 0 saturated carbocycles. The quantitative estimate of drug-likeness (QED) is 0.508. The van der Waals surface area contributed by atoms with Gasteiger partial charge in [0.05, 0.1) is 0 Å². The first kappa shape index (κ1) is 11.1. The lowest BCUT2D eigenvalue weighted by Gasteiger charge is -2.03. The van der Waals surface area contributed by atoms with Crippen LogP contribution in [0.3, 0.4) is 0 Å². The summed E-state index contributed by atoms with van der Waals surface area (Å²) in [5.41, 5.74) is 3.46. The Morgan fingerprint density at radius 1 is 1.50 bits per heavy atom. The van der Waals surface area contributed by atoms with E-state index >= 15 is 0 Å². The van der Waals surface area contributed by atoms with E-state index < -0.39 is 0 Å². The van der Waals surface area contributed by atoms with Crippen LogP contribution in [-0.2, 0) is 4.79 Å². The number of nitrogens with zero attached hydrogens (tertiary/aromatic N) is 1. The summed E-state index contributed by atoms with van der Waals surface area (Å²) >= 11 is 0. The van der Waals surface area contributed by atoms with Gasteiger partial charge in [-0.3, -0.25) is 4.79 Å². The Morgan fingerprint density at radius 2 is 2.08 bits per heavy atom. The lowest BCUT2D eigenvalue weighted by atomic mass is 10.1. The van der Waals surface area contributed by atoms with Gasteiger partial charge >= 0.3 is 0 Å². The van der Waals surface area contributed by atoms with E-state index in [1.165, 1.54) is 0 Å². The van der Waals surface area contributed by atoms with Crippen molar-refractivity contribution in [2.45, 2.75) is 40.5 Å². The molecule has 0 bridgehead atoms. The summed E-state index contributed by atoms with van der Waals surface area (Å²) in [6.07, 6.45) is 1.42. The van der Waals surface area contributed by atoms with E-state index in [0.717, 1.165) is 12.1 Å². The summed E-state index contributed by atoms with van der Waals surface area (Å²) in [5.74, 6) is 0.561. The normalized spacial score (nSPS) is 11.9. The van der Waals surface area contributed by atoms with Crippen LogP contribution in [0.2, 0.25) is 0 Å². The maximum Gasteiger partial charge on any atom is 0.239 e. The van der Waals surface area contributed by atoms with E-state index in [1.54, 1.807) is 0 Å². The van der Waals surface area contributed by atoms with Crippen molar-refractivity contribution in [3.05, 3.63) is 0 Å². The molecule has 0 saturated heterocycles. The molecule has 0 aliphatic carbocycles. The highest BCUT2D eigenvalue weighted by Gasteiger charge is 1.98. The summed E-state index contributed by atoms with van der Waals surface area (Å²) in [7, 11) is 0. The standard InChI is InChI=1S/C9H18N2O/c1-5-9(12)11-10-8(4)6-7(2)3/h7H,5-6H2,1-4H3,(H,11,12)/b10-8+. The van der Waals surface area contributed by atoms with Gasteiger partial charge in [-0.15, -0.1) is 0 Å². The Bertz CT molecular complexity index is 173. The summed E-state index contributed by atoms with van der Waals surface area (Å²) in [4.78, 5) is 10.8. The predicted octanol–water partition coefficient (Wildman–Crippen LogP) is 1.93. The Balaban J connectivity index is 3.76. The highest BCUT2D eigenvalue weighted by molar-refractivity contribution is 5.84. The number of amides is 1. The van der Waals surface area contributed by atoms with Crippen LogP contribution in [0.15, 0.2) is 5.10 Å². The Kier molecular flexibility index (Phi) is 5.34. The summed E-state index contributed by atoms with van der Waals surface area (Å²) < 4.78 is 0. The van der Waals surface area contributed by atoms with Gasteiger partial charge in [0.25, 0.3) is 0 Å². The Hall–Kier alpha value is -0.860. The second-order valence-electron chi connectivity index (χ2n) is 3.33. The molecule has 0 aromatic heterocycles. The van der Waals surface area contributed by atoms with Crippen molar-refractivity contribution in [3.8, 4) is 0 Å². The number of nitrogens with one attached hydrogen (secondary N) is 1. The topological polar surface area (TPSA) is 41.5 Å². The highest BCUT2D eigenvalue weighted by Crippen LogP contribution is 2.00. The van der Waals surface area contributed by atoms with Gasteiger partial charge in [-0.05, 0) is 19.3 Å². The molecule has 0 aromatic carbocycles. The molecule has 0 fully saturated rings. The van der Waals surface area contributed by atoms with Crippen molar-refractivity contribution in [3.63, 3.8) is 0 Å². The van der Waals surface area contributed by atoms with Crippen molar-refractivity contribution < 1.29 is 4.79 Å². The largest absolute Gasteiger partial charge is 0.273 e. The first-order chi connectivity index (χ1) is 5.56. The van der Waals surface area contributed by atoms with Crippen molar-refractivity contribution in [2.24, 2.45) is 11.0 Å². The molecule has 0 radical (unpaired) electrons. The van der Waals surface area contributed by atoms with Crippen molar-refractivity contribution in [1.82, 2.24) is 5.43 Å². The van der Waals surface area contributed by atoms with E-state index in [0.29, 0.717) is 12.3 Å². The van der Waals surface area contributed by atoms with Crippen LogP contribution in [0.4, 0.5) is 0 Å². The summed E-state index contributed by atoms with van der Waals surface area (Å²) in [6, 6.07) is 0. The number of rotatable bonds is 4. The number of carbonyl (C=O) groups is 1. The van der Waals surface area contributed by atoms with Crippen LogP contribution in [0.1, 0.15) is 40.5 Å². The lowest BCUT2D eigenvalue weighted by molar-refractivity contribution is -0.120. The Labute approximate surface area is 74.2 Å². The van der Waals surface area contributed by atoms with Crippen LogP contribution in [0.5, 0.6) is 0 Å². The third-order valence-corrected chi connectivity index (χ3v) is 1.40. The van der Waals surface area contributed by atoms with Gasteiger partial charge in [0.2, 0.25) is 5.91 Å². The van der Waals surface area contributed by atoms with Crippen LogP contribution in [0, 0.1) is 5.92 Å². The maximum absolute atomic E-state index is 10.8. The van der Waals surface area contributed by atoms with Gasteiger partial charge in [-0.2, -0.15) is 5.10 Å². The van der Waals surface area contributed by atoms with Gasteiger partial charge in [-0.1, -0.05) is 20.8 Å². The van der Waals surface area contributed by atoms with Gasteiger partial charge in [0.15, 0.2) is 0 Å². The molecule has 0 heterocycles. The Morgan fingerprint density at radius 3 is 2.50 bits per heavy atom. The number of hydrogen-bond acceptors (Lipinski definition) is 2. The summed E-state index contributed by atoms with van der Waals surface area (Å²) in [6.45, 7) is 7.99. The van der Waals surface area contributed by atoms with Crippen LogP contribution in [0.25, 0.3) is 0 Å². The van der Waals surface area contributed by atoms with Gasteiger partial charge < -0.3 is 0 Å². The van der Waals surface area contributed by atoms with Crippen molar-refractivity contribution in [2.75, 3.05) is 0 Å². The molecule has 0 atom stereocenters. The fraction of sp³-hybridized carbons (Fsp3) is 0.778. The van der Waals surface area contributed by atoms with Crippen LogP contribution < -0.4 is 5.43 Å². The number of carbonyl (C=O) groups excluding carboxylic acids is 1. The monoisotopic (exact) mass is 170 g/mol. The fourth-order valence-electron chi connectivity index (χ4n) is 0.873. The minimum atomic E-state index is -0.0295. The average molecular weight is 170 g/mol. The highest BCUT2D eigenvalue weighted by atomic mass is 16.2. The smallest absolute Gasteiger partial charge is 0.239 e. The minimum absolute atomic E-state index is 0.0295. The molecule has 3 nitrogen and oxygen atoms in total.